The fourth-order valence-corrected chi connectivity index (χ4v) is 2.96. The normalized spacial score (nSPS) is 16.9. The molecule has 0 spiro atoms. The van der Waals surface area contributed by atoms with Gasteiger partial charge in [0.1, 0.15) is 11.6 Å². The Morgan fingerprint density at radius 2 is 1.95 bits per heavy atom. The van der Waals surface area contributed by atoms with Crippen LogP contribution in [-0.2, 0) is 24.2 Å². The molecule has 108 valence electrons. The summed E-state index contributed by atoms with van der Waals surface area (Å²) in [6, 6.07) is 0. The van der Waals surface area contributed by atoms with Gasteiger partial charge in [-0.25, -0.2) is 0 Å². The van der Waals surface area contributed by atoms with Crippen molar-refractivity contribution >= 4 is 0 Å². The molecule has 1 aromatic heterocycles. The van der Waals surface area contributed by atoms with Crippen LogP contribution in [-0.4, -0.2) is 28.5 Å². The van der Waals surface area contributed by atoms with Gasteiger partial charge in [0.05, 0.1) is 13.2 Å². The molecule has 5 heteroatoms. The SMILES string of the molecule is COCCn1c(CN)nnc1CCC1CCCCC1. The first kappa shape index (κ1) is 14.5. The number of hydrogen-bond acceptors (Lipinski definition) is 4. The van der Waals surface area contributed by atoms with E-state index >= 15 is 0 Å². The van der Waals surface area contributed by atoms with E-state index in [4.69, 9.17) is 10.5 Å². The predicted octanol–water partition coefficient (Wildman–Crippen LogP) is 1.90. The van der Waals surface area contributed by atoms with Crippen molar-refractivity contribution in [1.82, 2.24) is 14.8 Å². The predicted molar refractivity (Wildman–Crippen MR) is 74.7 cm³/mol. The van der Waals surface area contributed by atoms with Gasteiger partial charge < -0.3 is 15.0 Å². The Bertz CT molecular complexity index is 372. The van der Waals surface area contributed by atoms with E-state index in [1.165, 1.54) is 38.5 Å². The second-order valence-corrected chi connectivity index (χ2v) is 5.42. The molecule has 0 atom stereocenters. The standard InChI is InChI=1S/C14H26N4O/c1-19-10-9-18-13(16-17-14(18)11-15)8-7-12-5-3-2-4-6-12/h12H,2-11,15H2,1H3. The van der Waals surface area contributed by atoms with E-state index in [2.05, 4.69) is 14.8 Å². The van der Waals surface area contributed by atoms with Crippen LogP contribution in [0.4, 0.5) is 0 Å². The highest BCUT2D eigenvalue weighted by molar-refractivity contribution is 4.96. The average Bonchev–Trinajstić information content (AvgIpc) is 2.86. The highest BCUT2D eigenvalue weighted by Gasteiger charge is 2.16. The smallest absolute Gasteiger partial charge is 0.146 e. The van der Waals surface area contributed by atoms with Gasteiger partial charge in [-0.3, -0.25) is 0 Å². The van der Waals surface area contributed by atoms with Gasteiger partial charge in [0.2, 0.25) is 0 Å². The molecule has 5 nitrogen and oxygen atoms in total. The number of aromatic nitrogens is 3. The third kappa shape index (κ3) is 4.01. The molecule has 0 saturated heterocycles. The summed E-state index contributed by atoms with van der Waals surface area (Å²) < 4.78 is 7.28. The lowest BCUT2D eigenvalue weighted by atomic mass is 9.86. The number of nitrogens with zero attached hydrogens (tertiary/aromatic N) is 3. The topological polar surface area (TPSA) is 66.0 Å². The Hall–Kier alpha value is -0.940. The number of aryl methyl sites for hydroxylation is 1. The van der Waals surface area contributed by atoms with Crippen LogP contribution in [0.5, 0.6) is 0 Å². The molecule has 1 aliphatic carbocycles. The summed E-state index contributed by atoms with van der Waals surface area (Å²) in [6.45, 7) is 1.93. The van der Waals surface area contributed by atoms with Gasteiger partial charge in [0.15, 0.2) is 0 Å². The Balaban J connectivity index is 1.92. The molecular weight excluding hydrogens is 240 g/mol. The van der Waals surface area contributed by atoms with E-state index in [1.54, 1.807) is 7.11 Å². The first-order valence-corrected chi connectivity index (χ1v) is 7.45. The van der Waals surface area contributed by atoms with Crippen molar-refractivity contribution in [1.29, 1.82) is 0 Å². The molecule has 19 heavy (non-hydrogen) atoms. The molecule has 1 heterocycles. The van der Waals surface area contributed by atoms with Crippen LogP contribution in [0.3, 0.4) is 0 Å². The van der Waals surface area contributed by atoms with Crippen molar-refractivity contribution < 1.29 is 4.74 Å². The van der Waals surface area contributed by atoms with E-state index < -0.39 is 0 Å². The van der Waals surface area contributed by atoms with Crippen LogP contribution < -0.4 is 5.73 Å². The first-order valence-electron chi connectivity index (χ1n) is 7.45. The number of rotatable bonds is 7. The van der Waals surface area contributed by atoms with Crippen molar-refractivity contribution in [3.8, 4) is 0 Å². The molecule has 1 saturated carbocycles. The van der Waals surface area contributed by atoms with Crippen molar-refractivity contribution in [2.24, 2.45) is 11.7 Å². The van der Waals surface area contributed by atoms with E-state index in [0.717, 1.165) is 30.5 Å². The molecular formula is C14H26N4O. The zero-order valence-corrected chi connectivity index (χ0v) is 12.0. The van der Waals surface area contributed by atoms with Gasteiger partial charge in [-0.15, -0.1) is 10.2 Å². The molecule has 0 bridgehead atoms. The average molecular weight is 266 g/mol. The largest absolute Gasteiger partial charge is 0.383 e. The molecule has 1 aliphatic rings. The molecule has 2 rings (SSSR count). The van der Waals surface area contributed by atoms with Crippen LogP contribution in [0.25, 0.3) is 0 Å². The van der Waals surface area contributed by atoms with Gasteiger partial charge in [-0.2, -0.15) is 0 Å². The zero-order valence-electron chi connectivity index (χ0n) is 12.0. The number of methoxy groups -OCH3 is 1. The zero-order chi connectivity index (χ0) is 13.5. The summed E-state index contributed by atoms with van der Waals surface area (Å²) in [6.07, 6.45) is 9.23. The summed E-state index contributed by atoms with van der Waals surface area (Å²) in [5.74, 6) is 2.82. The maximum absolute atomic E-state index is 5.71. The summed E-state index contributed by atoms with van der Waals surface area (Å²) in [7, 11) is 1.72. The molecule has 0 radical (unpaired) electrons. The van der Waals surface area contributed by atoms with Gasteiger partial charge in [0.25, 0.3) is 0 Å². The highest BCUT2D eigenvalue weighted by atomic mass is 16.5. The highest BCUT2D eigenvalue weighted by Crippen LogP contribution is 2.27. The van der Waals surface area contributed by atoms with Crippen LogP contribution >= 0.6 is 0 Å². The molecule has 2 N–H and O–H groups in total. The Kier molecular flexibility index (Phi) is 5.79. The van der Waals surface area contributed by atoms with Crippen molar-refractivity contribution in [2.75, 3.05) is 13.7 Å². The lowest BCUT2D eigenvalue weighted by Crippen LogP contribution is -2.15. The molecule has 0 aromatic carbocycles. The summed E-state index contributed by atoms with van der Waals surface area (Å²) >= 11 is 0. The molecule has 0 unspecified atom stereocenters. The van der Waals surface area contributed by atoms with E-state index in [-0.39, 0.29) is 0 Å². The quantitative estimate of drug-likeness (QED) is 0.818. The van der Waals surface area contributed by atoms with Gasteiger partial charge >= 0.3 is 0 Å². The number of ether oxygens (including phenoxy) is 1. The first-order chi connectivity index (χ1) is 9.35. The Labute approximate surface area is 115 Å². The van der Waals surface area contributed by atoms with Gasteiger partial charge in [-0.1, -0.05) is 32.1 Å². The lowest BCUT2D eigenvalue weighted by Gasteiger charge is -2.21. The van der Waals surface area contributed by atoms with Gasteiger partial charge in [-0.05, 0) is 12.3 Å². The second-order valence-electron chi connectivity index (χ2n) is 5.42. The van der Waals surface area contributed by atoms with Crippen molar-refractivity contribution in [3.05, 3.63) is 11.6 Å². The van der Waals surface area contributed by atoms with E-state index in [0.29, 0.717) is 13.2 Å². The monoisotopic (exact) mass is 266 g/mol. The molecule has 1 fully saturated rings. The van der Waals surface area contributed by atoms with Crippen LogP contribution in [0, 0.1) is 5.92 Å². The Morgan fingerprint density at radius 3 is 2.63 bits per heavy atom. The molecule has 0 amide bonds. The summed E-state index contributed by atoms with van der Waals surface area (Å²) in [5, 5.41) is 8.49. The van der Waals surface area contributed by atoms with E-state index in [1.807, 2.05) is 0 Å². The van der Waals surface area contributed by atoms with Crippen molar-refractivity contribution in [3.63, 3.8) is 0 Å². The minimum absolute atomic E-state index is 0.445. The minimum atomic E-state index is 0.445. The maximum Gasteiger partial charge on any atom is 0.146 e. The fourth-order valence-electron chi connectivity index (χ4n) is 2.96. The third-order valence-electron chi connectivity index (χ3n) is 4.11. The number of hydrogen-bond donors (Lipinski definition) is 1. The van der Waals surface area contributed by atoms with Crippen LogP contribution in [0.15, 0.2) is 0 Å². The third-order valence-corrected chi connectivity index (χ3v) is 4.11. The van der Waals surface area contributed by atoms with Crippen LogP contribution in [0.2, 0.25) is 0 Å². The summed E-state index contributed by atoms with van der Waals surface area (Å²) in [5.41, 5.74) is 5.71. The molecule has 1 aromatic rings. The van der Waals surface area contributed by atoms with Gasteiger partial charge in [0, 0.05) is 20.1 Å². The fraction of sp³-hybridized carbons (Fsp3) is 0.857. The second kappa shape index (κ2) is 7.60. The van der Waals surface area contributed by atoms with Crippen LogP contribution in [0.1, 0.15) is 50.2 Å². The number of nitrogens with two attached hydrogens (primary N) is 1. The minimum Gasteiger partial charge on any atom is -0.383 e. The van der Waals surface area contributed by atoms with E-state index in [9.17, 15) is 0 Å². The maximum atomic E-state index is 5.71. The van der Waals surface area contributed by atoms with Crippen molar-refractivity contribution in [2.45, 2.75) is 58.0 Å². The lowest BCUT2D eigenvalue weighted by molar-refractivity contribution is 0.185. The Morgan fingerprint density at radius 1 is 1.21 bits per heavy atom. The summed E-state index contributed by atoms with van der Waals surface area (Å²) in [4.78, 5) is 0. The molecule has 0 aliphatic heterocycles.